The second kappa shape index (κ2) is 5.21. The maximum Gasteiger partial charge on any atom is 0.178 e. The first-order valence-electron chi connectivity index (χ1n) is 5.10. The molecule has 0 bridgehead atoms. The first kappa shape index (κ1) is 12.6. The Balaban J connectivity index is 2.23. The fraction of sp³-hybridized carbons (Fsp3) is 0.154. The zero-order valence-corrected chi connectivity index (χ0v) is 11.5. The number of thiophene rings is 1. The van der Waals surface area contributed by atoms with Crippen molar-refractivity contribution in [3.63, 3.8) is 0 Å². The standard InChI is InChI=1S/C13H10Cl2OS/c1-8-7-17-13(12(8)15)11(16)6-9-4-2-3-5-10(9)14/h2-5,7H,6H2,1H3. The summed E-state index contributed by atoms with van der Waals surface area (Å²) in [7, 11) is 0. The van der Waals surface area contributed by atoms with Crippen LogP contribution < -0.4 is 0 Å². The van der Waals surface area contributed by atoms with Crippen LogP contribution in [0.1, 0.15) is 20.8 Å². The summed E-state index contributed by atoms with van der Waals surface area (Å²) in [6.45, 7) is 1.89. The minimum absolute atomic E-state index is 0.0150. The number of carbonyl (C=O) groups is 1. The maximum atomic E-state index is 12.1. The van der Waals surface area contributed by atoms with E-state index in [9.17, 15) is 4.79 Å². The number of hydrogen-bond donors (Lipinski definition) is 0. The molecule has 0 spiro atoms. The minimum atomic E-state index is 0.0150. The van der Waals surface area contributed by atoms with E-state index in [4.69, 9.17) is 23.2 Å². The van der Waals surface area contributed by atoms with E-state index in [0.717, 1.165) is 11.1 Å². The van der Waals surface area contributed by atoms with Crippen LogP contribution in [0.3, 0.4) is 0 Å². The number of ketones is 1. The van der Waals surface area contributed by atoms with Crippen LogP contribution in [0.25, 0.3) is 0 Å². The highest BCUT2D eigenvalue weighted by atomic mass is 35.5. The average Bonchev–Trinajstić information content (AvgIpc) is 2.63. The summed E-state index contributed by atoms with van der Waals surface area (Å²) < 4.78 is 0. The van der Waals surface area contributed by atoms with Gasteiger partial charge in [-0.1, -0.05) is 41.4 Å². The van der Waals surface area contributed by atoms with Gasteiger partial charge in [-0.3, -0.25) is 4.79 Å². The van der Waals surface area contributed by atoms with Gasteiger partial charge in [-0.25, -0.2) is 0 Å². The molecule has 0 aliphatic heterocycles. The van der Waals surface area contributed by atoms with Crippen LogP contribution >= 0.6 is 34.5 Å². The van der Waals surface area contributed by atoms with Crippen molar-refractivity contribution in [3.8, 4) is 0 Å². The molecule has 1 nitrogen and oxygen atoms in total. The number of hydrogen-bond acceptors (Lipinski definition) is 2. The van der Waals surface area contributed by atoms with Crippen LogP contribution in [0.15, 0.2) is 29.6 Å². The van der Waals surface area contributed by atoms with Gasteiger partial charge in [-0.05, 0) is 29.5 Å². The molecule has 0 aliphatic carbocycles. The number of carbonyl (C=O) groups excluding carboxylic acids is 1. The van der Waals surface area contributed by atoms with Crippen molar-refractivity contribution in [2.24, 2.45) is 0 Å². The van der Waals surface area contributed by atoms with Crippen LogP contribution in [0.2, 0.25) is 10.0 Å². The van der Waals surface area contributed by atoms with Crippen molar-refractivity contribution in [2.45, 2.75) is 13.3 Å². The maximum absolute atomic E-state index is 12.1. The Morgan fingerprint density at radius 2 is 2.00 bits per heavy atom. The van der Waals surface area contributed by atoms with E-state index in [0.29, 0.717) is 21.3 Å². The van der Waals surface area contributed by atoms with Crippen LogP contribution in [-0.2, 0) is 6.42 Å². The smallest absolute Gasteiger partial charge is 0.178 e. The lowest BCUT2D eigenvalue weighted by molar-refractivity contribution is 0.0997. The Hall–Kier alpha value is -0.830. The van der Waals surface area contributed by atoms with E-state index in [2.05, 4.69) is 0 Å². The Kier molecular flexibility index (Phi) is 3.87. The molecule has 0 amide bonds. The van der Waals surface area contributed by atoms with Crippen molar-refractivity contribution in [1.82, 2.24) is 0 Å². The molecule has 0 fully saturated rings. The summed E-state index contributed by atoms with van der Waals surface area (Å²) in [4.78, 5) is 12.7. The predicted octanol–water partition coefficient (Wildman–Crippen LogP) is 4.79. The Labute approximate surface area is 114 Å². The van der Waals surface area contributed by atoms with Gasteiger partial charge >= 0.3 is 0 Å². The molecule has 1 heterocycles. The fourth-order valence-electron chi connectivity index (χ4n) is 1.51. The number of halogens is 2. The summed E-state index contributed by atoms with van der Waals surface area (Å²) in [5, 5.41) is 3.07. The van der Waals surface area contributed by atoms with E-state index in [1.54, 1.807) is 6.07 Å². The summed E-state index contributed by atoms with van der Waals surface area (Å²) in [5.41, 5.74) is 1.78. The largest absolute Gasteiger partial charge is 0.293 e. The van der Waals surface area contributed by atoms with Gasteiger partial charge < -0.3 is 0 Å². The van der Waals surface area contributed by atoms with Crippen LogP contribution in [0.4, 0.5) is 0 Å². The highest BCUT2D eigenvalue weighted by Crippen LogP contribution is 2.29. The lowest BCUT2D eigenvalue weighted by Crippen LogP contribution is -2.02. The molecule has 1 aromatic carbocycles. The van der Waals surface area contributed by atoms with Crippen molar-refractivity contribution in [1.29, 1.82) is 0 Å². The highest BCUT2D eigenvalue weighted by Gasteiger charge is 2.15. The Bertz CT molecular complexity index is 560. The summed E-state index contributed by atoms with van der Waals surface area (Å²) in [6, 6.07) is 7.36. The quantitative estimate of drug-likeness (QED) is 0.741. The first-order valence-corrected chi connectivity index (χ1v) is 6.73. The second-order valence-corrected chi connectivity index (χ2v) is 5.42. The van der Waals surface area contributed by atoms with Gasteiger partial charge in [0, 0.05) is 11.4 Å². The van der Waals surface area contributed by atoms with Crippen molar-refractivity contribution >= 4 is 40.3 Å². The molecule has 0 atom stereocenters. The molecule has 2 aromatic rings. The molecule has 0 unspecified atom stereocenters. The van der Waals surface area contributed by atoms with E-state index in [-0.39, 0.29) is 5.78 Å². The SMILES string of the molecule is Cc1csc(C(=O)Cc2ccccc2Cl)c1Cl. The molecular formula is C13H10Cl2OS. The second-order valence-electron chi connectivity index (χ2n) is 3.75. The van der Waals surface area contributed by atoms with Gasteiger partial charge in [0.1, 0.15) is 0 Å². The first-order chi connectivity index (χ1) is 8.09. The Morgan fingerprint density at radius 3 is 2.59 bits per heavy atom. The molecule has 17 heavy (non-hydrogen) atoms. The van der Waals surface area contributed by atoms with E-state index in [1.807, 2.05) is 30.5 Å². The third kappa shape index (κ3) is 2.71. The topological polar surface area (TPSA) is 17.1 Å². The van der Waals surface area contributed by atoms with Gasteiger partial charge in [0.25, 0.3) is 0 Å². The summed E-state index contributed by atoms with van der Waals surface area (Å²) >= 11 is 13.5. The minimum Gasteiger partial charge on any atom is -0.293 e. The van der Waals surface area contributed by atoms with Crippen LogP contribution in [0, 0.1) is 6.92 Å². The molecule has 0 aliphatic rings. The van der Waals surface area contributed by atoms with Crippen molar-refractivity contribution in [3.05, 3.63) is 55.7 Å². The third-order valence-electron chi connectivity index (χ3n) is 2.46. The van der Waals surface area contributed by atoms with Crippen molar-refractivity contribution in [2.75, 3.05) is 0 Å². The van der Waals surface area contributed by atoms with Crippen LogP contribution in [-0.4, -0.2) is 5.78 Å². The average molecular weight is 285 g/mol. The molecule has 0 saturated heterocycles. The molecule has 1 aromatic heterocycles. The van der Waals surface area contributed by atoms with Gasteiger partial charge in [-0.2, -0.15) is 0 Å². The summed E-state index contributed by atoms with van der Waals surface area (Å²) in [6.07, 6.45) is 0.291. The predicted molar refractivity (Wildman–Crippen MR) is 73.6 cm³/mol. The summed E-state index contributed by atoms with van der Waals surface area (Å²) in [5.74, 6) is 0.0150. The van der Waals surface area contributed by atoms with Gasteiger partial charge in [0.2, 0.25) is 0 Å². The molecule has 2 rings (SSSR count). The molecule has 0 saturated carbocycles. The van der Waals surface area contributed by atoms with Crippen LogP contribution in [0.5, 0.6) is 0 Å². The van der Waals surface area contributed by atoms with Gasteiger partial charge in [-0.15, -0.1) is 11.3 Å². The molecule has 0 radical (unpaired) electrons. The molecule has 4 heteroatoms. The zero-order valence-electron chi connectivity index (χ0n) is 9.17. The molecule has 88 valence electrons. The van der Waals surface area contributed by atoms with Gasteiger partial charge in [0.15, 0.2) is 5.78 Å². The number of Topliss-reactive ketones (excluding diaryl/α,β-unsaturated/α-hetero) is 1. The lowest BCUT2D eigenvalue weighted by Gasteiger charge is -2.02. The van der Waals surface area contributed by atoms with E-state index in [1.165, 1.54) is 11.3 Å². The normalized spacial score (nSPS) is 10.5. The van der Waals surface area contributed by atoms with Gasteiger partial charge in [0.05, 0.1) is 9.90 Å². The molecule has 0 N–H and O–H groups in total. The monoisotopic (exact) mass is 284 g/mol. The Morgan fingerprint density at radius 1 is 1.29 bits per heavy atom. The highest BCUT2D eigenvalue weighted by molar-refractivity contribution is 7.13. The van der Waals surface area contributed by atoms with Crippen molar-refractivity contribution < 1.29 is 4.79 Å². The number of aryl methyl sites for hydroxylation is 1. The zero-order chi connectivity index (χ0) is 12.4. The third-order valence-corrected chi connectivity index (χ3v) is 4.57. The lowest BCUT2D eigenvalue weighted by atomic mass is 10.1. The number of benzene rings is 1. The number of rotatable bonds is 3. The fourth-order valence-corrected chi connectivity index (χ4v) is 2.95. The van der Waals surface area contributed by atoms with E-state index < -0.39 is 0 Å². The molecular weight excluding hydrogens is 275 g/mol. The van der Waals surface area contributed by atoms with E-state index >= 15 is 0 Å².